The van der Waals surface area contributed by atoms with Crippen LogP contribution in [0.3, 0.4) is 0 Å². The molecule has 2 aromatic heterocycles. The Balaban J connectivity index is 1.38. The van der Waals surface area contributed by atoms with E-state index in [2.05, 4.69) is 19.9 Å². The van der Waals surface area contributed by atoms with Crippen LogP contribution in [0.2, 0.25) is 5.28 Å². The number of hydrogen-bond acceptors (Lipinski definition) is 6. The average Bonchev–Trinajstić information content (AvgIpc) is 3.35. The van der Waals surface area contributed by atoms with Crippen LogP contribution in [0, 0.1) is 0 Å². The molecular formula is C18H19ClN4O2. The molecule has 0 N–H and O–H groups in total. The summed E-state index contributed by atoms with van der Waals surface area (Å²) in [7, 11) is 0. The van der Waals surface area contributed by atoms with Gasteiger partial charge in [-0.3, -0.25) is 0 Å². The number of ether oxygens (including phenoxy) is 2. The Hall–Kier alpha value is -1.92. The lowest BCUT2D eigenvalue weighted by molar-refractivity contribution is 0.0237. The molecule has 3 aliphatic rings. The summed E-state index contributed by atoms with van der Waals surface area (Å²) < 4.78 is 11.3. The van der Waals surface area contributed by atoms with E-state index < -0.39 is 0 Å². The van der Waals surface area contributed by atoms with Crippen LogP contribution in [0.15, 0.2) is 24.5 Å². The largest absolute Gasteiger partial charge is 0.474 e. The molecule has 1 spiro atoms. The molecule has 0 aromatic carbocycles. The molecule has 5 rings (SSSR count). The second kappa shape index (κ2) is 5.81. The summed E-state index contributed by atoms with van der Waals surface area (Å²) in [5.74, 6) is 1.58. The third-order valence-corrected chi connectivity index (χ3v) is 5.55. The molecule has 0 unspecified atom stereocenters. The van der Waals surface area contributed by atoms with Crippen LogP contribution in [0.4, 0.5) is 11.5 Å². The smallest absolute Gasteiger partial charge is 0.224 e. The summed E-state index contributed by atoms with van der Waals surface area (Å²) in [6.07, 6.45) is 8.13. The molecule has 1 saturated heterocycles. The number of pyridine rings is 1. The van der Waals surface area contributed by atoms with Crippen LogP contribution in [-0.2, 0) is 10.2 Å². The first kappa shape index (κ1) is 15.3. The normalized spacial score (nSPS) is 21.4. The zero-order chi connectivity index (χ0) is 16.9. The minimum absolute atomic E-state index is 0.195. The minimum Gasteiger partial charge on any atom is -0.474 e. The number of halogens is 1. The topological polar surface area (TPSA) is 60.4 Å². The summed E-state index contributed by atoms with van der Waals surface area (Å²) in [6, 6.07) is 3.98. The third-order valence-electron chi connectivity index (χ3n) is 5.37. The van der Waals surface area contributed by atoms with Crippen LogP contribution in [0.1, 0.15) is 31.2 Å². The maximum atomic E-state index is 6.03. The SMILES string of the molecule is Clc1ncc2c(n1)N(c1ccc(OC3CCOCC3)nc1)CC21CC1. The second-order valence-corrected chi connectivity index (χ2v) is 7.37. The van der Waals surface area contributed by atoms with Crippen LogP contribution in [0.5, 0.6) is 5.88 Å². The number of anilines is 2. The zero-order valence-corrected chi connectivity index (χ0v) is 14.6. The van der Waals surface area contributed by atoms with Gasteiger partial charge in [-0.05, 0) is 30.5 Å². The third kappa shape index (κ3) is 2.73. The summed E-state index contributed by atoms with van der Waals surface area (Å²) in [4.78, 5) is 15.3. The highest BCUT2D eigenvalue weighted by Crippen LogP contribution is 2.57. The van der Waals surface area contributed by atoms with Gasteiger partial charge in [0.15, 0.2) is 0 Å². The molecule has 1 saturated carbocycles. The van der Waals surface area contributed by atoms with Crippen molar-refractivity contribution >= 4 is 23.1 Å². The first-order valence-corrected chi connectivity index (χ1v) is 9.12. The van der Waals surface area contributed by atoms with Gasteiger partial charge in [0, 0.05) is 42.6 Å². The van der Waals surface area contributed by atoms with E-state index >= 15 is 0 Å². The Morgan fingerprint density at radius 2 is 2.00 bits per heavy atom. The highest BCUT2D eigenvalue weighted by molar-refractivity contribution is 6.28. The van der Waals surface area contributed by atoms with E-state index in [0.29, 0.717) is 5.88 Å². The lowest BCUT2D eigenvalue weighted by atomic mass is 10.0. The Labute approximate surface area is 151 Å². The van der Waals surface area contributed by atoms with Gasteiger partial charge in [-0.15, -0.1) is 0 Å². The summed E-state index contributed by atoms with van der Waals surface area (Å²) in [5, 5.41) is 0.286. The summed E-state index contributed by atoms with van der Waals surface area (Å²) >= 11 is 6.03. The van der Waals surface area contributed by atoms with E-state index in [9.17, 15) is 0 Å². The Morgan fingerprint density at radius 3 is 2.72 bits per heavy atom. The molecule has 0 bridgehead atoms. The molecule has 6 nitrogen and oxygen atoms in total. The second-order valence-electron chi connectivity index (χ2n) is 7.03. The van der Waals surface area contributed by atoms with E-state index in [4.69, 9.17) is 21.1 Å². The molecule has 1 aliphatic carbocycles. The lowest BCUT2D eigenvalue weighted by Crippen LogP contribution is -2.26. The van der Waals surface area contributed by atoms with Gasteiger partial charge in [0.05, 0.1) is 25.1 Å². The van der Waals surface area contributed by atoms with Gasteiger partial charge in [0.25, 0.3) is 0 Å². The van der Waals surface area contributed by atoms with Crippen molar-refractivity contribution in [1.29, 1.82) is 0 Å². The minimum atomic E-state index is 0.195. The van der Waals surface area contributed by atoms with Crippen molar-refractivity contribution in [1.82, 2.24) is 15.0 Å². The maximum absolute atomic E-state index is 6.03. The van der Waals surface area contributed by atoms with E-state index in [-0.39, 0.29) is 16.8 Å². The Kier molecular flexibility index (Phi) is 3.57. The van der Waals surface area contributed by atoms with Crippen molar-refractivity contribution in [2.75, 3.05) is 24.7 Å². The average molecular weight is 359 g/mol. The monoisotopic (exact) mass is 358 g/mol. The van der Waals surface area contributed by atoms with Gasteiger partial charge in [-0.25, -0.2) is 9.97 Å². The van der Waals surface area contributed by atoms with Crippen molar-refractivity contribution in [3.63, 3.8) is 0 Å². The van der Waals surface area contributed by atoms with Gasteiger partial charge in [0.1, 0.15) is 11.9 Å². The van der Waals surface area contributed by atoms with E-state index in [1.54, 1.807) is 0 Å². The fourth-order valence-electron chi connectivity index (χ4n) is 3.75. The predicted molar refractivity (Wildman–Crippen MR) is 93.7 cm³/mol. The molecular weight excluding hydrogens is 340 g/mol. The summed E-state index contributed by atoms with van der Waals surface area (Å²) in [6.45, 7) is 2.44. The molecule has 0 atom stereocenters. The fourth-order valence-corrected chi connectivity index (χ4v) is 3.88. The number of hydrogen-bond donors (Lipinski definition) is 0. The van der Waals surface area contributed by atoms with Crippen molar-refractivity contribution in [2.24, 2.45) is 0 Å². The van der Waals surface area contributed by atoms with Gasteiger partial charge >= 0.3 is 0 Å². The van der Waals surface area contributed by atoms with Crippen molar-refractivity contribution in [3.8, 4) is 5.88 Å². The predicted octanol–water partition coefficient (Wildman–Crippen LogP) is 3.27. The first-order chi connectivity index (χ1) is 12.2. The molecule has 7 heteroatoms. The standard InChI is InChI=1S/C18H19ClN4O2/c19-17-21-10-14-16(22-17)23(11-18(14)5-6-18)12-1-2-15(20-9-12)25-13-3-7-24-8-4-13/h1-2,9-10,13H,3-8,11H2. The van der Waals surface area contributed by atoms with Crippen molar-refractivity contribution in [2.45, 2.75) is 37.2 Å². The van der Waals surface area contributed by atoms with Gasteiger partial charge < -0.3 is 14.4 Å². The summed E-state index contributed by atoms with van der Waals surface area (Å²) in [5.41, 5.74) is 2.43. The molecule has 2 aromatic rings. The highest BCUT2D eigenvalue weighted by Gasteiger charge is 2.53. The molecule has 130 valence electrons. The van der Waals surface area contributed by atoms with Crippen LogP contribution < -0.4 is 9.64 Å². The zero-order valence-electron chi connectivity index (χ0n) is 13.8. The highest BCUT2D eigenvalue weighted by atomic mass is 35.5. The van der Waals surface area contributed by atoms with E-state index in [0.717, 1.165) is 44.1 Å². The molecule has 2 fully saturated rings. The lowest BCUT2D eigenvalue weighted by Gasteiger charge is -2.23. The number of fused-ring (bicyclic) bond motifs is 2. The molecule has 0 radical (unpaired) electrons. The van der Waals surface area contributed by atoms with Gasteiger partial charge in [0.2, 0.25) is 11.2 Å². The molecule has 4 heterocycles. The molecule has 0 amide bonds. The fraction of sp³-hybridized carbons (Fsp3) is 0.500. The van der Waals surface area contributed by atoms with Gasteiger partial charge in [-0.1, -0.05) is 0 Å². The number of rotatable bonds is 3. The number of nitrogens with zero attached hydrogens (tertiary/aromatic N) is 4. The first-order valence-electron chi connectivity index (χ1n) is 8.75. The Morgan fingerprint density at radius 1 is 1.16 bits per heavy atom. The van der Waals surface area contributed by atoms with Crippen LogP contribution >= 0.6 is 11.6 Å². The quantitative estimate of drug-likeness (QED) is 0.785. The van der Waals surface area contributed by atoms with Crippen molar-refractivity contribution in [3.05, 3.63) is 35.4 Å². The van der Waals surface area contributed by atoms with Crippen molar-refractivity contribution < 1.29 is 9.47 Å². The Bertz CT molecular complexity index is 788. The van der Waals surface area contributed by atoms with E-state index in [1.165, 1.54) is 18.4 Å². The number of aromatic nitrogens is 3. The van der Waals surface area contributed by atoms with Gasteiger partial charge in [-0.2, -0.15) is 4.98 Å². The van der Waals surface area contributed by atoms with E-state index in [1.807, 2.05) is 24.5 Å². The maximum Gasteiger partial charge on any atom is 0.224 e. The van der Waals surface area contributed by atoms with Crippen LogP contribution in [-0.4, -0.2) is 40.8 Å². The molecule has 25 heavy (non-hydrogen) atoms. The molecule has 2 aliphatic heterocycles. The van der Waals surface area contributed by atoms with Crippen LogP contribution in [0.25, 0.3) is 0 Å².